The van der Waals surface area contributed by atoms with E-state index in [0.717, 1.165) is 13.0 Å². The van der Waals surface area contributed by atoms with Gasteiger partial charge < -0.3 is 32.1 Å². The Bertz CT molecular complexity index is 618. The number of carbonyl (C=O) groups is 5. The predicted molar refractivity (Wildman–Crippen MR) is 103 cm³/mol. The minimum Gasteiger partial charge on any atom is -0.480 e. The van der Waals surface area contributed by atoms with Crippen molar-refractivity contribution in [3.8, 4) is 0 Å². The lowest BCUT2D eigenvalue weighted by Gasteiger charge is -2.23. The van der Waals surface area contributed by atoms with Gasteiger partial charge in [-0.1, -0.05) is 13.8 Å². The van der Waals surface area contributed by atoms with E-state index in [1.165, 1.54) is 0 Å². The van der Waals surface area contributed by atoms with Gasteiger partial charge in [-0.15, -0.1) is 0 Å². The van der Waals surface area contributed by atoms with Crippen LogP contribution in [0.15, 0.2) is 0 Å². The number of aliphatic carboxylic acids is 1. The molecule has 11 heteroatoms. The van der Waals surface area contributed by atoms with Gasteiger partial charge in [-0.05, 0) is 38.1 Å². The van der Waals surface area contributed by atoms with E-state index in [0.29, 0.717) is 6.42 Å². The Labute approximate surface area is 169 Å². The van der Waals surface area contributed by atoms with Gasteiger partial charge in [0.25, 0.3) is 0 Å². The second kappa shape index (κ2) is 12.0. The Balaban J connectivity index is 2.62. The molecule has 7 N–H and O–H groups in total. The minimum atomic E-state index is -1.30. The summed E-state index contributed by atoms with van der Waals surface area (Å²) < 4.78 is 0. The summed E-state index contributed by atoms with van der Waals surface area (Å²) >= 11 is 0. The molecule has 1 heterocycles. The van der Waals surface area contributed by atoms with Gasteiger partial charge in [-0.2, -0.15) is 0 Å². The van der Waals surface area contributed by atoms with Gasteiger partial charge in [0, 0.05) is 6.42 Å². The summed E-state index contributed by atoms with van der Waals surface area (Å²) in [6.07, 6.45) is 1.52. The molecule has 0 bridgehead atoms. The lowest BCUT2D eigenvalue weighted by molar-refractivity contribution is -0.142. The van der Waals surface area contributed by atoms with Gasteiger partial charge in [0.05, 0.1) is 12.6 Å². The first-order valence-corrected chi connectivity index (χ1v) is 9.72. The maximum atomic E-state index is 12.5. The summed E-state index contributed by atoms with van der Waals surface area (Å²) in [5.41, 5.74) is 5.03. The molecule has 11 nitrogen and oxygen atoms in total. The molecule has 0 spiro atoms. The summed E-state index contributed by atoms with van der Waals surface area (Å²) in [6, 6.07) is -2.59. The summed E-state index contributed by atoms with van der Waals surface area (Å²) in [5, 5.41) is 19.6. The molecule has 3 unspecified atom stereocenters. The number of nitrogens with one attached hydrogen (secondary N) is 4. The van der Waals surface area contributed by atoms with E-state index in [4.69, 9.17) is 5.73 Å². The van der Waals surface area contributed by atoms with Crippen molar-refractivity contribution in [1.29, 1.82) is 0 Å². The van der Waals surface area contributed by atoms with E-state index in [-0.39, 0.29) is 43.7 Å². The lowest BCUT2D eigenvalue weighted by Crippen LogP contribution is -2.54. The zero-order valence-corrected chi connectivity index (χ0v) is 16.8. The Morgan fingerprint density at radius 3 is 2.34 bits per heavy atom. The molecule has 0 saturated carbocycles. The maximum Gasteiger partial charge on any atom is 0.326 e. The van der Waals surface area contributed by atoms with Crippen LogP contribution in [0.3, 0.4) is 0 Å². The van der Waals surface area contributed by atoms with Crippen molar-refractivity contribution < 1.29 is 29.1 Å². The van der Waals surface area contributed by atoms with Crippen molar-refractivity contribution >= 4 is 29.6 Å². The summed E-state index contributed by atoms with van der Waals surface area (Å²) in [7, 11) is 0. The number of hydrogen-bond donors (Lipinski definition) is 6. The van der Waals surface area contributed by atoms with Crippen molar-refractivity contribution in [2.24, 2.45) is 11.7 Å². The number of primary amides is 1. The van der Waals surface area contributed by atoms with Crippen molar-refractivity contribution in [2.75, 3.05) is 13.1 Å². The standard InChI is InChI=1S/C18H31N5O6/c1-10(2)8-13(17(27)23-12(18(28)29)5-6-14(19)24)22-15(25)9-21-16(26)11-4-3-7-20-11/h10-13,20H,3-9H2,1-2H3,(H2,19,24)(H,21,26)(H,22,25)(H,23,27)(H,28,29). The van der Waals surface area contributed by atoms with Crippen LogP contribution in [0.5, 0.6) is 0 Å². The fourth-order valence-electron chi connectivity index (χ4n) is 2.96. The fraction of sp³-hybridized carbons (Fsp3) is 0.722. The topological polar surface area (TPSA) is 180 Å². The Morgan fingerprint density at radius 1 is 1.14 bits per heavy atom. The van der Waals surface area contributed by atoms with Crippen molar-refractivity contribution in [3.63, 3.8) is 0 Å². The van der Waals surface area contributed by atoms with Crippen molar-refractivity contribution in [1.82, 2.24) is 21.3 Å². The van der Waals surface area contributed by atoms with Gasteiger partial charge in [-0.25, -0.2) is 4.79 Å². The molecule has 1 aliphatic rings. The van der Waals surface area contributed by atoms with E-state index in [1.54, 1.807) is 0 Å². The van der Waals surface area contributed by atoms with Gasteiger partial charge in [-0.3, -0.25) is 19.2 Å². The highest BCUT2D eigenvalue weighted by molar-refractivity contribution is 5.92. The van der Waals surface area contributed by atoms with Crippen LogP contribution in [-0.2, 0) is 24.0 Å². The van der Waals surface area contributed by atoms with Gasteiger partial charge in [0.1, 0.15) is 12.1 Å². The quantitative estimate of drug-likeness (QED) is 0.219. The van der Waals surface area contributed by atoms with Crippen LogP contribution >= 0.6 is 0 Å². The Morgan fingerprint density at radius 2 is 1.83 bits per heavy atom. The first-order chi connectivity index (χ1) is 13.6. The Kier molecular flexibility index (Phi) is 10.1. The second-order valence-corrected chi connectivity index (χ2v) is 7.52. The van der Waals surface area contributed by atoms with E-state index in [2.05, 4.69) is 21.3 Å². The average molecular weight is 413 g/mol. The lowest BCUT2D eigenvalue weighted by atomic mass is 10.0. The first kappa shape index (κ1) is 24.3. The van der Waals surface area contributed by atoms with Gasteiger partial charge >= 0.3 is 5.97 Å². The van der Waals surface area contributed by atoms with Crippen LogP contribution in [0.25, 0.3) is 0 Å². The van der Waals surface area contributed by atoms with E-state index in [1.807, 2.05) is 13.8 Å². The number of carboxylic acids is 1. The molecular weight excluding hydrogens is 382 g/mol. The molecule has 1 fully saturated rings. The molecule has 0 aromatic carbocycles. The van der Waals surface area contributed by atoms with Crippen LogP contribution in [0.1, 0.15) is 46.0 Å². The third-order valence-corrected chi connectivity index (χ3v) is 4.45. The summed E-state index contributed by atoms with van der Waals surface area (Å²) in [6.45, 7) is 4.16. The molecule has 164 valence electrons. The van der Waals surface area contributed by atoms with Crippen LogP contribution < -0.4 is 27.0 Å². The van der Waals surface area contributed by atoms with Crippen LogP contribution in [-0.4, -0.2) is 65.9 Å². The molecule has 0 aliphatic carbocycles. The van der Waals surface area contributed by atoms with Crippen LogP contribution in [0.2, 0.25) is 0 Å². The number of carbonyl (C=O) groups excluding carboxylic acids is 4. The molecule has 0 aromatic heterocycles. The smallest absolute Gasteiger partial charge is 0.326 e. The van der Waals surface area contributed by atoms with Gasteiger partial charge in [0.2, 0.25) is 23.6 Å². The zero-order valence-electron chi connectivity index (χ0n) is 16.8. The highest BCUT2D eigenvalue weighted by Gasteiger charge is 2.28. The molecule has 0 radical (unpaired) electrons. The molecule has 29 heavy (non-hydrogen) atoms. The monoisotopic (exact) mass is 413 g/mol. The van der Waals surface area contributed by atoms with E-state index in [9.17, 15) is 29.1 Å². The van der Waals surface area contributed by atoms with Crippen LogP contribution in [0, 0.1) is 5.92 Å². The molecule has 1 rings (SSSR count). The minimum absolute atomic E-state index is 0.0391. The SMILES string of the molecule is CC(C)CC(NC(=O)CNC(=O)C1CCCN1)C(=O)NC(CCC(N)=O)C(=O)O. The molecule has 1 aliphatic heterocycles. The van der Waals surface area contributed by atoms with E-state index < -0.39 is 35.8 Å². The van der Waals surface area contributed by atoms with E-state index >= 15 is 0 Å². The summed E-state index contributed by atoms with van der Waals surface area (Å²) in [4.78, 5) is 58.9. The van der Waals surface area contributed by atoms with Gasteiger partial charge in [0.15, 0.2) is 0 Å². The Hall–Kier alpha value is -2.69. The normalized spacial score (nSPS) is 18.0. The predicted octanol–water partition coefficient (Wildman–Crippen LogP) is -1.78. The molecule has 3 atom stereocenters. The second-order valence-electron chi connectivity index (χ2n) is 7.52. The summed E-state index contributed by atoms with van der Waals surface area (Å²) in [5.74, 6) is -3.44. The maximum absolute atomic E-state index is 12.5. The highest BCUT2D eigenvalue weighted by Crippen LogP contribution is 2.07. The number of hydrogen-bond acceptors (Lipinski definition) is 6. The van der Waals surface area contributed by atoms with Crippen molar-refractivity contribution in [3.05, 3.63) is 0 Å². The molecule has 0 aromatic rings. The third-order valence-electron chi connectivity index (χ3n) is 4.45. The zero-order chi connectivity index (χ0) is 22.0. The van der Waals surface area contributed by atoms with Crippen LogP contribution in [0.4, 0.5) is 0 Å². The number of nitrogens with two attached hydrogens (primary N) is 1. The first-order valence-electron chi connectivity index (χ1n) is 9.72. The average Bonchev–Trinajstić information content (AvgIpc) is 3.16. The molecule has 1 saturated heterocycles. The fourth-order valence-corrected chi connectivity index (χ4v) is 2.96. The van der Waals surface area contributed by atoms with Crippen molar-refractivity contribution in [2.45, 2.75) is 64.1 Å². The highest BCUT2D eigenvalue weighted by atomic mass is 16.4. The molecular formula is C18H31N5O6. The number of rotatable bonds is 12. The largest absolute Gasteiger partial charge is 0.480 e. The third kappa shape index (κ3) is 9.37. The molecule has 4 amide bonds. The number of carboxylic acid groups (broad SMARTS) is 1. The number of amides is 4.